The van der Waals surface area contributed by atoms with Crippen molar-refractivity contribution in [3.05, 3.63) is 52.1 Å². The Balaban J connectivity index is 2.35. The number of rotatable bonds is 2. The number of halogens is 2. The summed E-state index contributed by atoms with van der Waals surface area (Å²) in [6.45, 7) is 0. The van der Waals surface area contributed by atoms with Crippen molar-refractivity contribution < 1.29 is 0 Å². The Morgan fingerprint density at radius 1 is 1.06 bits per heavy atom. The normalized spacial score (nSPS) is 9.71. The molecular weight excluding hydrogens is 257 g/mol. The number of nitrogens with zero attached hydrogens (tertiary/aromatic N) is 2. The van der Waals surface area contributed by atoms with Crippen molar-refractivity contribution >= 4 is 34.7 Å². The molecule has 0 aliphatic carbocycles. The second kappa shape index (κ2) is 5.05. The van der Waals surface area contributed by atoms with Crippen LogP contribution < -0.4 is 5.32 Å². The van der Waals surface area contributed by atoms with E-state index in [4.69, 9.17) is 28.5 Å². The smallest absolute Gasteiger partial charge is 0.142 e. The summed E-state index contributed by atoms with van der Waals surface area (Å²) >= 11 is 12.0. The predicted octanol–water partition coefficient (Wildman–Crippen LogP) is 4.00. The molecule has 0 saturated carbocycles. The quantitative estimate of drug-likeness (QED) is 0.891. The van der Waals surface area contributed by atoms with Gasteiger partial charge in [-0.05, 0) is 24.3 Å². The molecule has 0 unspecified atom stereocenters. The molecule has 84 valence electrons. The minimum atomic E-state index is 0.332. The van der Waals surface area contributed by atoms with E-state index in [0.717, 1.165) is 0 Å². The molecule has 0 atom stereocenters. The van der Waals surface area contributed by atoms with Gasteiger partial charge in [0.05, 0.1) is 15.7 Å². The summed E-state index contributed by atoms with van der Waals surface area (Å²) in [5.41, 5.74) is 0.914. The van der Waals surface area contributed by atoms with Crippen LogP contribution in [-0.2, 0) is 0 Å². The van der Waals surface area contributed by atoms with Gasteiger partial charge in [-0.1, -0.05) is 35.3 Å². The van der Waals surface area contributed by atoms with Crippen LogP contribution in [0.15, 0.2) is 36.4 Å². The molecule has 3 nitrogen and oxygen atoms in total. The van der Waals surface area contributed by atoms with E-state index < -0.39 is 0 Å². The van der Waals surface area contributed by atoms with Crippen molar-refractivity contribution in [2.75, 3.05) is 5.32 Å². The van der Waals surface area contributed by atoms with Crippen LogP contribution in [0.1, 0.15) is 5.69 Å². The van der Waals surface area contributed by atoms with Gasteiger partial charge < -0.3 is 5.32 Å². The fraction of sp³-hybridized carbons (Fsp3) is 0. The zero-order chi connectivity index (χ0) is 12.3. The number of aromatic nitrogens is 1. The maximum Gasteiger partial charge on any atom is 0.142 e. The molecule has 0 aliphatic heterocycles. The molecular formula is C12H7Cl2N3. The zero-order valence-corrected chi connectivity index (χ0v) is 10.1. The van der Waals surface area contributed by atoms with E-state index in [1.807, 2.05) is 6.07 Å². The highest BCUT2D eigenvalue weighted by atomic mass is 35.5. The molecule has 1 N–H and O–H groups in total. The monoisotopic (exact) mass is 263 g/mol. The Kier molecular flexibility index (Phi) is 3.48. The molecule has 17 heavy (non-hydrogen) atoms. The van der Waals surface area contributed by atoms with Gasteiger partial charge in [-0.2, -0.15) is 5.26 Å². The fourth-order valence-corrected chi connectivity index (χ4v) is 1.80. The van der Waals surface area contributed by atoms with Crippen LogP contribution in [0.4, 0.5) is 11.5 Å². The van der Waals surface area contributed by atoms with Gasteiger partial charge in [0.1, 0.15) is 17.6 Å². The Labute approximate surface area is 109 Å². The Bertz CT molecular complexity index is 570. The van der Waals surface area contributed by atoms with Crippen LogP contribution >= 0.6 is 23.2 Å². The van der Waals surface area contributed by atoms with E-state index in [1.165, 1.54) is 0 Å². The molecule has 1 heterocycles. The van der Waals surface area contributed by atoms with Gasteiger partial charge in [0, 0.05) is 0 Å². The topological polar surface area (TPSA) is 48.7 Å². The standard InChI is InChI=1S/C12H7Cl2N3/c13-9-4-2-5-10(14)12(9)17-11-6-1-3-8(7-15)16-11/h1-6H,(H,16,17). The molecule has 0 bridgehead atoms. The molecule has 1 aromatic carbocycles. The third-order valence-electron chi connectivity index (χ3n) is 2.08. The molecule has 0 spiro atoms. The molecule has 0 saturated heterocycles. The zero-order valence-electron chi connectivity index (χ0n) is 8.61. The van der Waals surface area contributed by atoms with Crippen molar-refractivity contribution in [2.45, 2.75) is 0 Å². The van der Waals surface area contributed by atoms with Gasteiger partial charge in [0.15, 0.2) is 0 Å². The van der Waals surface area contributed by atoms with Crippen LogP contribution in [0, 0.1) is 11.3 Å². The first-order valence-electron chi connectivity index (χ1n) is 4.79. The van der Waals surface area contributed by atoms with Crippen molar-refractivity contribution in [3.63, 3.8) is 0 Å². The van der Waals surface area contributed by atoms with Gasteiger partial charge in [-0.3, -0.25) is 0 Å². The number of nitrogens with one attached hydrogen (secondary N) is 1. The highest BCUT2D eigenvalue weighted by Crippen LogP contribution is 2.31. The number of anilines is 2. The Morgan fingerprint density at radius 2 is 1.71 bits per heavy atom. The van der Waals surface area contributed by atoms with Crippen LogP contribution in [0.2, 0.25) is 10.0 Å². The average molecular weight is 264 g/mol. The van der Waals surface area contributed by atoms with E-state index in [0.29, 0.717) is 27.2 Å². The van der Waals surface area contributed by atoms with Crippen molar-refractivity contribution in [1.29, 1.82) is 5.26 Å². The summed E-state index contributed by atoms with van der Waals surface area (Å²) in [5.74, 6) is 0.527. The highest BCUT2D eigenvalue weighted by Gasteiger charge is 2.06. The minimum Gasteiger partial charge on any atom is -0.338 e. The Morgan fingerprint density at radius 3 is 2.35 bits per heavy atom. The molecule has 0 aliphatic rings. The summed E-state index contributed by atoms with van der Waals surface area (Å²) < 4.78 is 0. The number of para-hydroxylation sites is 1. The number of hydrogen-bond donors (Lipinski definition) is 1. The third kappa shape index (κ3) is 2.68. The van der Waals surface area contributed by atoms with Gasteiger partial charge in [-0.25, -0.2) is 4.98 Å². The lowest BCUT2D eigenvalue weighted by Crippen LogP contribution is -1.96. The summed E-state index contributed by atoms with van der Waals surface area (Å²) in [4.78, 5) is 4.08. The van der Waals surface area contributed by atoms with E-state index in [-0.39, 0.29) is 0 Å². The number of hydrogen-bond acceptors (Lipinski definition) is 3. The fourth-order valence-electron chi connectivity index (χ4n) is 1.31. The molecule has 0 fully saturated rings. The van der Waals surface area contributed by atoms with Crippen LogP contribution in [0.3, 0.4) is 0 Å². The SMILES string of the molecule is N#Cc1cccc(Nc2c(Cl)cccc2Cl)n1. The maximum atomic E-state index is 8.74. The van der Waals surface area contributed by atoms with E-state index >= 15 is 0 Å². The summed E-state index contributed by atoms with van der Waals surface area (Å²) in [6, 6.07) is 12.3. The number of benzene rings is 1. The van der Waals surface area contributed by atoms with Crippen molar-refractivity contribution in [3.8, 4) is 6.07 Å². The maximum absolute atomic E-state index is 8.74. The summed E-state index contributed by atoms with van der Waals surface area (Å²) in [6.07, 6.45) is 0. The second-order valence-corrected chi connectivity index (χ2v) is 4.06. The van der Waals surface area contributed by atoms with Crippen molar-refractivity contribution in [1.82, 2.24) is 4.98 Å². The average Bonchev–Trinajstić information content (AvgIpc) is 2.34. The minimum absolute atomic E-state index is 0.332. The largest absolute Gasteiger partial charge is 0.338 e. The predicted molar refractivity (Wildman–Crippen MR) is 68.7 cm³/mol. The molecule has 2 aromatic rings. The summed E-state index contributed by atoms with van der Waals surface area (Å²) in [7, 11) is 0. The molecule has 2 rings (SSSR count). The number of nitriles is 1. The first-order chi connectivity index (χ1) is 8.20. The summed E-state index contributed by atoms with van der Waals surface area (Å²) in [5, 5.41) is 12.7. The third-order valence-corrected chi connectivity index (χ3v) is 2.71. The van der Waals surface area contributed by atoms with E-state index in [1.54, 1.807) is 36.4 Å². The highest BCUT2D eigenvalue weighted by molar-refractivity contribution is 6.39. The molecule has 0 radical (unpaired) electrons. The number of pyridine rings is 1. The Hall–Kier alpha value is -1.76. The van der Waals surface area contributed by atoms with Gasteiger partial charge >= 0.3 is 0 Å². The van der Waals surface area contributed by atoms with Gasteiger partial charge in [-0.15, -0.1) is 0 Å². The lowest BCUT2D eigenvalue weighted by Gasteiger charge is -2.09. The van der Waals surface area contributed by atoms with Crippen LogP contribution in [0.25, 0.3) is 0 Å². The van der Waals surface area contributed by atoms with Crippen LogP contribution in [0.5, 0.6) is 0 Å². The molecule has 1 aromatic heterocycles. The lowest BCUT2D eigenvalue weighted by atomic mass is 10.3. The molecule has 0 amide bonds. The first-order valence-corrected chi connectivity index (χ1v) is 5.54. The second-order valence-electron chi connectivity index (χ2n) is 3.24. The molecule has 5 heteroatoms. The van der Waals surface area contributed by atoms with Gasteiger partial charge in [0.25, 0.3) is 0 Å². The lowest BCUT2D eigenvalue weighted by molar-refractivity contribution is 1.25. The van der Waals surface area contributed by atoms with Crippen molar-refractivity contribution in [2.24, 2.45) is 0 Å². The van der Waals surface area contributed by atoms with E-state index in [9.17, 15) is 0 Å². The van der Waals surface area contributed by atoms with Crippen LogP contribution in [-0.4, -0.2) is 4.98 Å². The van der Waals surface area contributed by atoms with Gasteiger partial charge in [0.2, 0.25) is 0 Å². The van der Waals surface area contributed by atoms with E-state index in [2.05, 4.69) is 10.3 Å². The first kappa shape index (κ1) is 11.7.